The molecule has 1 atom stereocenters. The number of hydrogen-bond donors (Lipinski definition) is 1. The van der Waals surface area contributed by atoms with Gasteiger partial charge in [-0.1, -0.05) is 0 Å². The van der Waals surface area contributed by atoms with Gasteiger partial charge in [0.25, 0.3) is 0 Å². The number of methoxy groups -OCH3 is 1. The first kappa shape index (κ1) is 17.2. The topological polar surface area (TPSA) is 41.6 Å². The molecule has 22 heavy (non-hydrogen) atoms. The molecule has 1 heterocycles. The van der Waals surface area contributed by atoms with Crippen molar-refractivity contribution in [1.82, 2.24) is 4.90 Å². The Morgan fingerprint density at radius 1 is 1.36 bits per heavy atom. The van der Waals surface area contributed by atoms with Crippen molar-refractivity contribution in [3.05, 3.63) is 24.3 Å². The molecule has 0 aromatic heterocycles. The van der Waals surface area contributed by atoms with Crippen LogP contribution < -0.4 is 5.32 Å². The molecule has 2 rings (SSSR count). The number of nitrogens with zero attached hydrogens (tertiary/aromatic N) is 1. The number of urea groups is 1. The van der Waals surface area contributed by atoms with Gasteiger partial charge >= 0.3 is 6.03 Å². The van der Waals surface area contributed by atoms with Gasteiger partial charge in [-0.3, -0.25) is 0 Å². The summed E-state index contributed by atoms with van der Waals surface area (Å²) in [6, 6.07) is 8.37. The summed E-state index contributed by atoms with van der Waals surface area (Å²) in [6.07, 6.45) is 7.48. The van der Waals surface area contributed by atoms with E-state index in [-0.39, 0.29) is 6.03 Å². The fourth-order valence-corrected chi connectivity index (χ4v) is 3.31. The summed E-state index contributed by atoms with van der Waals surface area (Å²) in [7, 11) is 1.73. The molecule has 1 aromatic rings. The summed E-state index contributed by atoms with van der Waals surface area (Å²) < 4.78 is 5.13. The molecule has 0 spiro atoms. The number of piperidine rings is 1. The van der Waals surface area contributed by atoms with Crippen LogP contribution in [-0.2, 0) is 4.74 Å². The molecule has 0 aliphatic carbocycles. The lowest BCUT2D eigenvalue weighted by Crippen LogP contribution is -2.46. The normalized spacial score (nSPS) is 18.3. The highest BCUT2D eigenvalue weighted by Gasteiger charge is 2.26. The van der Waals surface area contributed by atoms with Gasteiger partial charge in [0.1, 0.15) is 0 Å². The van der Waals surface area contributed by atoms with Gasteiger partial charge in [-0.15, -0.1) is 11.8 Å². The minimum absolute atomic E-state index is 0.0269. The van der Waals surface area contributed by atoms with Gasteiger partial charge < -0.3 is 15.0 Å². The first-order valence-electron chi connectivity index (χ1n) is 7.95. The Bertz CT molecular complexity index is 464. The van der Waals surface area contributed by atoms with Crippen LogP contribution in [0.5, 0.6) is 0 Å². The van der Waals surface area contributed by atoms with Crippen LogP contribution in [0, 0.1) is 0 Å². The van der Waals surface area contributed by atoms with E-state index < -0.39 is 0 Å². The maximum absolute atomic E-state index is 12.5. The van der Waals surface area contributed by atoms with Crippen LogP contribution in [0.2, 0.25) is 0 Å². The van der Waals surface area contributed by atoms with E-state index in [1.807, 2.05) is 35.4 Å². The Balaban J connectivity index is 1.92. The lowest BCUT2D eigenvalue weighted by atomic mass is 9.98. The van der Waals surface area contributed by atoms with Crippen LogP contribution in [0.1, 0.15) is 32.1 Å². The Morgan fingerprint density at radius 2 is 2.14 bits per heavy atom. The molecule has 122 valence electrons. The van der Waals surface area contributed by atoms with Crippen molar-refractivity contribution in [2.45, 2.75) is 43.0 Å². The number of amides is 2. The predicted molar refractivity (Wildman–Crippen MR) is 92.7 cm³/mol. The first-order chi connectivity index (χ1) is 10.7. The largest absolute Gasteiger partial charge is 0.385 e. The average molecular weight is 322 g/mol. The maximum Gasteiger partial charge on any atom is 0.322 e. The number of benzene rings is 1. The van der Waals surface area contributed by atoms with Gasteiger partial charge in [-0.05, 0) is 62.6 Å². The summed E-state index contributed by atoms with van der Waals surface area (Å²) in [5.74, 6) is 0. The number of nitrogens with one attached hydrogen (secondary N) is 1. The van der Waals surface area contributed by atoms with Gasteiger partial charge in [0, 0.05) is 36.9 Å². The van der Waals surface area contributed by atoms with E-state index in [1.54, 1.807) is 18.9 Å². The Hall–Kier alpha value is -1.20. The van der Waals surface area contributed by atoms with Crippen molar-refractivity contribution < 1.29 is 9.53 Å². The number of carbonyl (C=O) groups excluding carboxylic acids is 1. The third-order valence-corrected chi connectivity index (χ3v) is 4.86. The number of rotatable bonds is 6. The fraction of sp³-hybridized carbons (Fsp3) is 0.588. The number of anilines is 1. The molecule has 0 saturated carbocycles. The van der Waals surface area contributed by atoms with Crippen LogP contribution in [-0.4, -0.2) is 43.5 Å². The van der Waals surface area contributed by atoms with Crippen molar-refractivity contribution in [3.8, 4) is 0 Å². The third kappa shape index (κ3) is 4.92. The number of likely N-dealkylation sites (tertiary alicyclic amines) is 1. The minimum Gasteiger partial charge on any atom is -0.385 e. The van der Waals surface area contributed by atoms with Crippen LogP contribution in [0.15, 0.2) is 29.2 Å². The van der Waals surface area contributed by atoms with Crippen LogP contribution in [0.25, 0.3) is 0 Å². The van der Waals surface area contributed by atoms with Crippen molar-refractivity contribution in [2.24, 2.45) is 0 Å². The molecule has 1 N–H and O–H groups in total. The highest BCUT2D eigenvalue weighted by Crippen LogP contribution is 2.23. The minimum atomic E-state index is 0.0269. The molecule has 1 aliphatic rings. The van der Waals surface area contributed by atoms with E-state index in [1.165, 1.54) is 11.3 Å². The Morgan fingerprint density at radius 3 is 2.82 bits per heavy atom. The van der Waals surface area contributed by atoms with Gasteiger partial charge in [-0.25, -0.2) is 4.79 Å². The number of ether oxygens (including phenoxy) is 1. The van der Waals surface area contributed by atoms with E-state index >= 15 is 0 Å². The van der Waals surface area contributed by atoms with Gasteiger partial charge in [0.15, 0.2) is 0 Å². The predicted octanol–water partition coefficient (Wildman–Crippen LogP) is 4.22. The molecule has 1 unspecified atom stereocenters. The van der Waals surface area contributed by atoms with Crippen molar-refractivity contribution in [2.75, 3.05) is 31.8 Å². The van der Waals surface area contributed by atoms with Crippen LogP contribution in [0.3, 0.4) is 0 Å². The molecular formula is C17H26N2O2S. The summed E-state index contributed by atoms with van der Waals surface area (Å²) in [5.41, 5.74) is 0.865. The quantitative estimate of drug-likeness (QED) is 0.630. The average Bonchev–Trinajstić information content (AvgIpc) is 2.56. The van der Waals surface area contributed by atoms with Gasteiger partial charge in [0.05, 0.1) is 0 Å². The second kappa shape index (κ2) is 9.06. The van der Waals surface area contributed by atoms with E-state index in [0.717, 1.165) is 44.5 Å². The summed E-state index contributed by atoms with van der Waals surface area (Å²) in [6.45, 7) is 1.62. The molecule has 1 aliphatic heterocycles. The molecular weight excluding hydrogens is 296 g/mol. The van der Waals surface area contributed by atoms with Crippen LogP contribution >= 0.6 is 11.8 Å². The number of hydrogen-bond acceptors (Lipinski definition) is 3. The van der Waals surface area contributed by atoms with Gasteiger partial charge in [0.2, 0.25) is 0 Å². The monoisotopic (exact) mass is 322 g/mol. The van der Waals surface area contributed by atoms with E-state index in [2.05, 4.69) is 5.32 Å². The molecule has 0 radical (unpaired) electrons. The second-order valence-electron chi connectivity index (χ2n) is 5.64. The van der Waals surface area contributed by atoms with E-state index in [9.17, 15) is 4.79 Å². The molecule has 2 amide bonds. The lowest BCUT2D eigenvalue weighted by Gasteiger charge is -2.35. The van der Waals surface area contributed by atoms with E-state index in [0.29, 0.717) is 6.04 Å². The van der Waals surface area contributed by atoms with E-state index in [4.69, 9.17) is 4.74 Å². The number of carbonyl (C=O) groups is 1. The maximum atomic E-state index is 12.5. The highest BCUT2D eigenvalue weighted by molar-refractivity contribution is 7.98. The zero-order valence-electron chi connectivity index (χ0n) is 13.5. The zero-order valence-corrected chi connectivity index (χ0v) is 14.3. The molecule has 0 bridgehead atoms. The molecule has 1 aromatic carbocycles. The Labute approximate surface area is 137 Å². The summed E-state index contributed by atoms with van der Waals surface area (Å²) >= 11 is 1.70. The van der Waals surface area contributed by atoms with Gasteiger partial charge in [-0.2, -0.15) is 0 Å². The standard InChI is InChI=1S/C17H26N2O2S/c1-21-13-5-7-15-6-3-4-12-19(15)17(20)18-14-8-10-16(22-2)11-9-14/h8-11,15H,3-7,12-13H2,1-2H3,(H,18,20). The second-order valence-corrected chi connectivity index (χ2v) is 6.52. The van der Waals surface area contributed by atoms with Crippen molar-refractivity contribution in [3.63, 3.8) is 0 Å². The molecule has 5 heteroatoms. The first-order valence-corrected chi connectivity index (χ1v) is 9.17. The Kier molecular flexibility index (Phi) is 7.06. The van der Waals surface area contributed by atoms with Crippen LogP contribution in [0.4, 0.5) is 10.5 Å². The molecule has 1 fully saturated rings. The zero-order chi connectivity index (χ0) is 15.8. The molecule has 4 nitrogen and oxygen atoms in total. The smallest absolute Gasteiger partial charge is 0.322 e. The third-order valence-electron chi connectivity index (χ3n) is 4.12. The number of thioether (sulfide) groups is 1. The summed E-state index contributed by atoms with van der Waals surface area (Å²) in [5, 5.41) is 3.03. The van der Waals surface area contributed by atoms with Crippen molar-refractivity contribution >= 4 is 23.5 Å². The molecule has 1 saturated heterocycles. The SMILES string of the molecule is COCCCC1CCCCN1C(=O)Nc1ccc(SC)cc1. The van der Waals surface area contributed by atoms with Crippen molar-refractivity contribution in [1.29, 1.82) is 0 Å². The fourth-order valence-electron chi connectivity index (χ4n) is 2.90. The summed E-state index contributed by atoms with van der Waals surface area (Å²) in [4.78, 5) is 15.7. The lowest BCUT2D eigenvalue weighted by molar-refractivity contribution is 0.141. The highest BCUT2D eigenvalue weighted by atomic mass is 32.2.